The number of carbonyl (C=O) groups excluding carboxylic acids is 1. The third-order valence-corrected chi connectivity index (χ3v) is 3.06. The summed E-state index contributed by atoms with van der Waals surface area (Å²) >= 11 is 0. The number of carbonyl (C=O) groups is 1. The molecule has 24 heavy (non-hydrogen) atoms. The Balaban J connectivity index is 2.82. The highest BCUT2D eigenvalue weighted by Gasteiger charge is 2.36. The van der Waals surface area contributed by atoms with Crippen LogP contribution < -0.4 is 5.56 Å². The van der Waals surface area contributed by atoms with Crippen LogP contribution in [0.3, 0.4) is 0 Å². The predicted octanol–water partition coefficient (Wildman–Crippen LogP) is 2.39. The maximum absolute atomic E-state index is 13.2. The number of aliphatic hydroxyl groups excluding tert-OH is 1. The monoisotopic (exact) mass is 340 g/mol. The molecule has 1 aromatic heterocycles. The van der Waals surface area contributed by atoms with Gasteiger partial charge in [0.1, 0.15) is 5.57 Å². The summed E-state index contributed by atoms with van der Waals surface area (Å²) in [6.07, 6.45) is -2.51. The van der Waals surface area contributed by atoms with E-state index in [2.05, 4.69) is 14.7 Å². The van der Waals surface area contributed by atoms with Crippen LogP contribution in [-0.2, 0) is 15.7 Å². The third-order valence-electron chi connectivity index (χ3n) is 3.06. The number of esters is 1. The van der Waals surface area contributed by atoms with Gasteiger partial charge in [-0.25, -0.2) is 9.78 Å². The van der Waals surface area contributed by atoms with Gasteiger partial charge in [0.25, 0.3) is 5.56 Å². The molecule has 0 aliphatic rings. The molecule has 0 amide bonds. The molecule has 0 atom stereocenters. The molecule has 0 spiro atoms. The molecule has 0 fully saturated rings. The lowest BCUT2D eigenvalue weighted by molar-refractivity contribution is -0.138. The van der Waals surface area contributed by atoms with Gasteiger partial charge < -0.3 is 14.8 Å². The Labute approximate surface area is 133 Å². The molecule has 0 aliphatic carbocycles. The number of nitrogens with zero attached hydrogens (tertiary/aromatic N) is 1. The first-order chi connectivity index (χ1) is 11.3. The molecule has 1 aromatic carbocycles. The van der Waals surface area contributed by atoms with E-state index in [-0.39, 0.29) is 0 Å². The molecule has 126 valence electrons. The summed E-state index contributed by atoms with van der Waals surface area (Å²) in [5, 5.41) is 10.2. The largest absolute Gasteiger partial charge is 0.505 e. The average Bonchev–Trinajstić information content (AvgIpc) is 2.54. The number of aromatic amines is 1. The fourth-order valence-electron chi connectivity index (χ4n) is 2.02. The van der Waals surface area contributed by atoms with E-state index in [9.17, 15) is 27.9 Å². The van der Waals surface area contributed by atoms with Gasteiger partial charge in [0.05, 0.1) is 12.7 Å². The SMILES string of the molecule is COC(=O)/C(=C(/O)c1ncc[nH]c1=O)c1ccccc1C(F)(F)F. The van der Waals surface area contributed by atoms with Crippen LogP contribution in [0.4, 0.5) is 13.2 Å². The summed E-state index contributed by atoms with van der Waals surface area (Å²) in [7, 11) is 0.939. The van der Waals surface area contributed by atoms with Crippen molar-refractivity contribution >= 4 is 17.3 Å². The summed E-state index contributed by atoms with van der Waals surface area (Å²) in [4.78, 5) is 29.5. The van der Waals surface area contributed by atoms with E-state index in [1.165, 1.54) is 12.3 Å². The Kier molecular flexibility index (Phi) is 4.72. The van der Waals surface area contributed by atoms with Crippen LogP contribution in [0, 0.1) is 0 Å². The lowest BCUT2D eigenvalue weighted by atomic mass is 9.97. The molecule has 6 nitrogen and oxygen atoms in total. The average molecular weight is 340 g/mol. The number of benzene rings is 1. The van der Waals surface area contributed by atoms with E-state index >= 15 is 0 Å². The van der Waals surface area contributed by atoms with Crippen LogP contribution >= 0.6 is 0 Å². The standard InChI is InChI=1S/C15H11F3N2O4/c1-24-14(23)10(12(21)11-13(22)20-7-6-19-11)8-4-2-3-5-9(8)15(16,17)18/h2-7,21H,1H3,(H,20,22)/b12-10+. The number of H-pyrrole nitrogens is 1. The van der Waals surface area contributed by atoms with Gasteiger partial charge in [-0.15, -0.1) is 0 Å². The van der Waals surface area contributed by atoms with Gasteiger partial charge in [0, 0.05) is 18.0 Å². The van der Waals surface area contributed by atoms with Crippen molar-refractivity contribution in [2.45, 2.75) is 6.18 Å². The highest BCUT2D eigenvalue weighted by molar-refractivity contribution is 6.23. The maximum Gasteiger partial charge on any atom is 0.417 e. The normalized spacial score (nSPS) is 12.5. The summed E-state index contributed by atoms with van der Waals surface area (Å²) < 4.78 is 44.0. The van der Waals surface area contributed by atoms with Gasteiger partial charge in [0.2, 0.25) is 0 Å². The number of alkyl halides is 3. The van der Waals surface area contributed by atoms with Gasteiger partial charge >= 0.3 is 12.1 Å². The first kappa shape index (κ1) is 17.3. The minimum atomic E-state index is -4.79. The van der Waals surface area contributed by atoms with Gasteiger partial charge in [-0.3, -0.25) is 4.79 Å². The molecule has 0 bridgehead atoms. The third kappa shape index (κ3) is 3.29. The molecule has 1 heterocycles. The Bertz CT molecular complexity index is 856. The van der Waals surface area contributed by atoms with E-state index < -0.39 is 45.9 Å². The first-order valence-corrected chi connectivity index (χ1v) is 6.49. The number of halogens is 3. The number of nitrogens with one attached hydrogen (secondary N) is 1. The van der Waals surface area contributed by atoms with Crippen LogP contribution in [0.25, 0.3) is 11.3 Å². The second-order valence-corrected chi connectivity index (χ2v) is 4.53. The molecule has 2 rings (SSSR count). The summed E-state index contributed by atoms with van der Waals surface area (Å²) in [5.41, 5.74) is -4.07. The summed E-state index contributed by atoms with van der Waals surface area (Å²) in [6, 6.07) is 4.12. The number of rotatable bonds is 3. The van der Waals surface area contributed by atoms with Crippen molar-refractivity contribution in [3.63, 3.8) is 0 Å². The van der Waals surface area contributed by atoms with E-state index in [0.717, 1.165) is 31.5 Å². The fraction of sp³-hybridized carbons (Fsp3) is 0.133. The molecule has 0 saturated heterocycles. The van der Waals surface area contributed by atoms with Crippen molar-refractivity contribution < 1.29 is 27.8 Å². The van der Waals surface area contributed by atoms with Crippen molar-refractivity contribution in [1.29, 1.82) is 0 Å². The minimum Gasteiger partial charge on any atom is -0.505 e. The topological polar surface area (TPSA) is 92.3 Å². The highest BCUT2D eigenvalue weighted by Crippen LogP contribution is 2.36. The molecule has 9 heteroatoms. The Morgan fingerprint density at radius 3 is 2.54 bits per heavy atom. The van der Waals surface area contributed by atoms with E-state index in [1.54, 1.807) is 0 Å². The number of hydrogen-bond donors (Lipinski definition) is 2. The van der Waals surface area contributed by atoms with E-state index in [1.807, 2.05) is 0 Å². The van der Waals surface area contributed by atoms with Gasteiger partial charge in [-0.1, -0.05) is 18.2 Å². The van der Waals surface area contributed by atoms with Crippen molar-refractivity contribution in [3.05, 3.63) is 63.8 Å². The lowest BCUT2D eigenvalue weighted by Gasteiger charge is -2.15. The number of methoxy groups -OCH3 is 1. The smallest absolute Gasteiger partial charge is 0.417 e. The molecular formula is C15H11F3N2O4. The Morgan fingerprint density at radius 1 is 1.29 bits per heavy atom. The van der Waals surface area contributed by atoms with Crippen LogP contribution in [0.5, 0.6) is 0 Å². The zero-order valence-corrected chi connectivity index (χ0v) is 12.2. The zero-order valence-electron chi connectivity index (χ0n) is 12.2. The van der Waals surface area contributed by atoms with Gasteiger partial charge in [0.15, 0.2) is 11.5 Å². The molecular weight excluding hydrogens is 329 g/mol. The highest BCUT2D eigenvalue weighted by atomic mass is 19.4. The summed E-state index contributed by atoms with van der Waals surface area (Å²) in [6.45, 7) is 0. The van der Waals surface area contributed by atoms with Crippen molar-refractivity contribution in [2.24, 2.45) is 0 Å². The summed E-state index contributed by atoms with van der Waals surface area (Å²) in [5.74, 6) is -2.25. The van der Waals surface area contributed by atoms with Crippen molar-refractivity contribution in [3.8, 4) is 0 Å². The maximum atomic E-state index is 13.2. The quantitative estimate of drug-likeness (QED) is 0.508. The predicted molar refractivity (Wildman–Crippen MR) is 77.8 cm³/mol. The lowest BCUT2D eigenvalue weighted by Crippen LogP contribution is -2.18. The Hall–Kier alpha value is -3.10. The number of aromatic nitrogens is 2. The number of ether oxygens (including phenoxy) is 1. The van der Waals surface area contributed by atoms with Gasteiger partial charge in [-0.2, -0.15) is 13.2 Å². The van der Waals surface area contributed by atoms with E-state index in [0.29, 0.717) is 0 Å². The van der Waals surface area contributed by atoms with Crippen LogP contribution in [0.1, 0.15) is 16.8 Å². The fourth-order valence-corrected chi connectivity index (χ4v) is 2.02. The molecule has 0 radical (unpaired) electrons. The van der Waals surface area contributed by atoms with Crippen LogP contribution in [-0.4, -0.2) is 28.2 Å². The molecule has 2 N–H and O–H groups in total. The van der Waals surface area contributed by atoms with Crippen LogP contribution in [0.2, 0.25) is 0 Å². The number of hydrogen-bond acceptors (Lipinski definition) is 5. The number of aliphatic hydroxyl groups is 1. The molecule has 2 aromatic rings. The molecule has 0 aliphatic heterocycles. The molecule has 0 saturated carbocycles. The second kappa shape index (κ2) is 6.57. The first-order valence-electron chi connectivity index (χ1n) is 6.49. The van der Waals surface area contributed by atoms with Crippen LogP contribution in [0.15, 0.2) is 41.5 Å². The van der Waals surface area contributed by atoms with E-state index in [4.69, 9.17) is 0 Å². The zero-order chi connectivity index (χ0) is 17.9. The molecule has 0 unspecified atom stereocenters. The van der Waals surface area contributed by atoms with Crippen molar-refractivity contribution in [2.75, 3.05) is 7.11 Å². The van der Waals surface area contributed by atoms with Crippen molar-refractivity contribution in [1.82, 2.24) is 9.97 Å². The van der Waals surface area contributed by atoms with Gasteiger partial charge in [-0.05, 0) is 6.07 Å². The second-order valence-electron chi connectivity index (χ2n) is 4.53. The Morgan fingerprint density at radius 2 is 1.96 bits per heavy atom. The minimum absolute atomic E-state index is 0.602.